The molecule has 1 saturated heterocycles. The van der Waals surface area contributed by atoms with Crippen LogP contribution in [0.3, 0.4) is 0 Å². The molecular formula is C14H17BN2. The van der Waals surface area contributed by atoms with Gasteiger partial charge in [-0.1, -0.05) is 23.9 Å². The van der Waals surface area contributed by atoms with Gasteiger partial charge in [0.1, 0.15) is 0 Å². The molecule has 0 aromatic heterocycles. The maximum Gasteiger partial charge on any atom is 0.300 e. The van der Waals surface area contributed by atoms with E-state index in [4.69, 9.17) is 5.26 Å². The first-order valence-corrected chi connectivity index (χ1v) is 6.66. The number of hydrogen-bond acceptors (Lipinski definition) is 2. The molecule has 1 aromatic rings. The molecule has 2 aliphatic rings. The van der Waals surface area contributed by atoms with Gasteiger partial charge in [-0.05, 0) is 37.3 Å². The molecule has 1 aromatic carbocycles. The van der Waals surface area contributed by atoms with Crippen LogP contribution in [0.1, 0.15) is 24.8 Å². The zero-order chi connectivity index (χ0) is 11.7. The van der Waals surface area contributed by atoms with Crippen molar-refractivity contribution >= 4 is 17.9 Å². The zero-order valence-corrected chi connectivity index (χ0v) is 10.2. The molecule has 0 bridgehead atoms. The molecule has 2 heterocycles. The third kappa shape index (κ3) is 1.82. The Bertz CT molecular complexity index is 458. The van der Waals surface area contributed by atoms with Crippen molar-refractivity contribution in [3.63, 3.8) is 0 Å². The third-order valence-electron chi connectivity index (χ3n) is 4.10. The quantitative estimate of drug-likeness (QED) is 0.682. The molecule has 2 aliphatic heterocycles. The maximum absolute atomic E-state index is 9.15. The van der Waals surface area contributed by atoms with E-state index in [0.717, 1.165) is 12.7 Å². The van der Waals surface area contributed by atoms with Crippen LogP contribution in [0.15, 0.2) is 18.2 Å². The highest BCUT2D eigenvalue weighted by Crippen LogP contribution is 2.28. The molecule has 17 heavy (non-hydrogen) atoms. The van der Waals surface area contributed by atoms with Crippen molar-refractivity contribution in [2.75, 3.05) is 18.0 Å². The summed E-state index contributed by atoms with van der Waals surface area (Å²) in [6.07, 6.45) is 6.08. The van der Waals surface area contributed by atoms with Gasteiger partial charge in [0.25, 0.3) is 0 Å². The second-order valence-corrected chi connectivity index (χ2v) is 5.11. The van der Waals surface area contributed by atoms with E-state index in [2.05, 4.69) is 29.1 Å². The monoisotopic (exact) mass is 224 g/mol. The average molecular weight is 224 g/mol. The molecule has 0 aliphatic carbocycles. The number of benzene rings is 1. The Kier molecular flexibility index (Phi) is 2.80. The fourth-order valence-electron chi connectivity index (χ4n) is 3.20. The van der Waals surface area contributed by atoms with Gasteiger partial charge in [-0.25, -0.2) is 5.26 Å². The summed E-state index contributed by atoms with van der Waals surface area (Å²) in [5, 5.41) is 9.15. The van der Waals surface area contributed by atoms with Gasteiger partial charge in [0.15, 0.2) is 0 Å². The van der Waals surface area contributed by atoms with Gasteiger partial charge in [-0.3, -0.25) is 0 Å². The van der Waals surface area contributed by atoms with Crippen molar-refractivity contribution in [3.8, 4) is 5.97 Å². The van der Waals surface area contributed by atoms with E-state index in [1.165, 1.54) is 49.1 Å². The molecule has 3 rings (SSSR count). The summed E-state index contributed by atoms with van der Waals surface area (Å²) in [7, 11) is 0. The molecule has 0 N–H and O–H groups in total. The van der Waals surface area contributed by atoms with Gasteiger partial charge in [-0.15, -0.1) is 0 Å². The Labute approximate surface area is 103 Å². The van der Waals surface area contributed by atoms with Gasteiger partial charge in [0.05, 0.1) is 0 Å². The topological polar surface area (TPSA) is 27.0 Å². The molecular weight excluding hydrogens is 207 g/mol. The number of piperidine rings is 1. The Balaban J connectivity index is 1.96. The number of rotatable bonds is 1. The Hall–Kier alpha value is -1.43. The zero-order valence-electron chi connectivity index (χ0n) is 10.2. The Morgan fingerprint density at radius 2 is 2.00 bits per heavy atom. The van der Waals surface area contributed by atoms with Crippen LogP contribution >= 0.6 is 0 Å². The lowest BCUT2D eigenvalue weighted by atomic mass is 9.47. The molecule has 2 nitrogen and oxygen atoms in total. The third-order valence-corrected chi connectivity index (χ3v) is 4.10. The molecule has 0 atom stereocenters. The van der Waals surface area contributed by atoms with Crippen molar-refractivity contribution < 1.29 is 0 Å². The first-order valence-electron chi connectivity index (χ1n) is 6.66. The minimum Gasteiger partial charge on any atom is -0.371 e. The molecule has 0 radical (unpaired) electrons. The van der Waals surface area contributed by atoms with Crippen LogP contribution in [0.5, 0.6) is 0 Å². The highest BCUT2D eigenvalue weighted by molar-refractivity contribution is 6.81. The minimum atomic E-state index is 0.134. The minimum absolute atomic E-state index is 0.134. The van der Waals surface area contributed by atoms with Crippen LogP contribution in [-0.2, 0) is 6.42 Å². The first kappa shape index (κ1) is 10.7. The van der Waals surface area contributed by atoms with Gasteiger partial charge in [0, 0.05) is 24.7 Å². The van der Waals surface area contributed by atoms with Crippen LogP contribution < -0.4 is 10.4 Å². The summed E-state index contributed by atoms with van der Waals surface area (Å²) in [5.74, 6) is 2.43. The van der Waals surface area contributed by atoms with E-state index >= 15 is 0 Å². The van der Waals surface area contributed by atoms with Crippen LogP contribution in [0, 0.1) is 11.2 Å². The summed E-state index contributed by atoms with van der Waals surface area (Å²) >= 11 is 0. The van der Waals surface area contributed by atoms with Crippen LogP contribution in [-0.4, -0.2) is 19.8 Å². The molecule has 86 valence electrons. The summed E-state index contributed by atoms with van der Waals surface area (Å²) in [6, 6.07) is 6.51. The largest absolute Gasteiger partial charge is 0.371 e. The lowest BCUT2D eigenvalue weighted by Crippen LogP contribution is -2.32. The Morgan fingerprint density at radius 3 is 2.76 bits per heavy atom. The lowest BCUT2D eigenvalue weighted by molar-refractivity contribution is 0.577. The van der Waals surface area contributed by atoms with E-state index in [1.807, 2.05) is 0 Å². The second kappa shape index (κ2) is 4.45. The molecule has 0 amide bonds. The van der Waals surface area contributed by atoms with Crippen molar-refractivity contribution in [3.05, 3.63) is 23.8 Å². The summed E-state index contributed by atoms with van der Waals surface area (Å²) in [4.78, 5) is 2.52. The predicted octanol–water partition coefficient (Wildman–Crippen LogP) is 2.00. The van der Waals surface area contributed by atoms with E-state index in [1.54, 1.807) is 0 Å². The van der Waals surface area contributed by atoms with Crippen molar-refractivity contribution in [2.24, 2.45) is 0 Å². The molecule has 0 unspecified atom stereocenters. The number of anilines is 1. The number of nitrogens with zero attached hydrogens (tertiary/aromatic N) is 2. The van der Waals surface area contributed by atoms with Gasteiger partial charge >= 0.3 is 6.71 Å². The van der Waals surface area contributed by atoms with Gasteiger partial charge in [0.2, 0.25) is 0 Å². The SMILES string of the molecule is N#CB1CCc2c1cccc2N1CCCCC1. The van der Waals surface area contributed by atoms with Gasteiger partial charge in [-0.2, -0.15) is 0 Å². The van der Waals surface area contributed by atoms with E-state index in [-0.39, 0.29) is 6.71 Å². The van der Waals surface area contributed by atoms with Crippen LogP contribution in [0.2, 0.25) is 6.32 Å². The van der Waals surface area contributed by atoms with Crippen LogP contribution in [0.4, 0.5) is 5.69 Å². The number of fused-ring (bicyclic) bond motifs is 1. The molecule has 3 heteroatoms. The molecule has 0 spiro atoms. The van der Waals surface area contributed by atoms with Crippen molar-refractivity contribution in [1.82, 2.24) is 0 Å². The summed E-state index contributed by atoms with van der Waals surface area (Å²) in [6.45, 7) is 2.51. The van der Waals surface area contributed by atoms with Gasteiger partial charge < -0.3 is 4.90 Å². The second-order valence-electron chi connectivity index (χ2n) is 5.11. The predicted molar refractivity (Wildman–Crippen MR) is 72.0 cm³/mol. The Morgan fingerprint density at radius 1 is 1.18 bits per heavy atom. The smallest absolute Gasteiger partial charge is 0.300 e. The number of hydrogen-bond donors (Lipinski definition) is 0. The lowest BCUT2D eigenvalue weighted by Gasteiger charge is -2.30. The fraction of sp³-hybridized carbons (Fsp3) is 0.500. The van der Waals surface area contributed by atoms with E-state index in [0.29, 0.717) is 0 Å². The average Bonchev–Trinajstić information content (AvgIpc) is 2.82. The summed E-state index contributed by atoms with van der Waals surface area (Å²) in [5.41, 5.74) is 4.14. The highest BCUT2D eigenvalue weighted by atomic mass is 15.1. The van der Waals surface area contributed by atoms with E-state index in [9.17, 15) is 0 Å². The molecule has 1 fully saturated rings. The normalized spacial score (nSPS) is 19.0. The van der Waals surface area contributed by atoms with Crippen molar-refractivity contribution in [1.29, 1.82) is 5.26 Å². The van der Waals surface area contributed by atoms with E-state index < -0.39 is 0 Å². The van der Waals surface area contributed by atoms with Crippen molar-refractivity contribution in [2.45, 2.75) is 32.0 Å². The maximum atomic E-state index is 9.15. The highest BCUT2D eigenvalue weighted by Gasteiger charge is 2.29. The number of nitriles is 1. The molecule has 0 saturated carbocycles. The fourth-order valence-corrected chi connectivity index (χ4v) is 3.20. The standard InChI is InChI=1S/C14H17BN2/c16-11-15-8-7-12-13(15)5-4-6-14(12)17-9-2-1-3-10-17/h4-6H,1-3,7-10H2. The first-order chi connectivity index (χ1) is 8.40. The van der Waals surface area contributed by atoms with Crippen LogP contribution in [0.25, 0.3) is 0 Å². The summed E-state index contributed by atoms with van der Waals surface area (Å²) < 4.78 is 0.